The predicted octanol–water partition coefficient (Wildman–Crippen LogP) is 4.16. The van der Waals surface area contributed by atoms with E-state index in [1.807, 2.05) is 12.1 Å². The van der Waals surface area contributed by atoms with E-state index >= 15 is 0 Å². The van der Waals surface area contributed by atoms with Crippen LogP contribution in [0.2, 0.25) is 0 Å². The van der Waals surface area contributed by atoms with Crippen molar-refractivity contribution in [2.24, 2.45) is 0 Å². The fourth-order valence-corrected chi connectivity index (χ4v) is 3.48. The second kappa shape index (κ2) is 7.66. The summed E-state index contributed by atoms with van der Waals surface area (Å²) in [7, 11) is 0. The van der Waals surface area contributed by atoms with E-state index < -0.39 is 0 Å². The number of nitrogens with one attached hydrogen (secondary N) is 1. The molecule has 0 radical (unpaired) electrons. The molecular formula is C22H25N5. The quantitative estimate of drug-likeness (QED) is 0.758. The van der Waals surface area contributed by atoms with Gasteiger partial charge in [-0.15, -0.1) is 0 Å². The lowest BCUT2D eigenvalue weighted by Gasteiger charge is -2.36. The van der Waals surface area contributed by atoms with Gasteiger partial charge in [0.1, 0.15) is 18.0 Å². The largest absolute Gasteiger partial charge is 0.368 e. The van der Waals surface area contributed by atoms with Crippen LogP contribution in [-0.4, -0.2) is 36.1 Å². The molecule has 1 aliphatic rings. The average molecular weight is 359 g/mol. The van der Waals surface area contributed by atoms with Crippen LogP contribution < -0.4 is 15.1 Å². The molecule has 1 N–H and O–H groups in total. The van der Waals surface area contributed by atoms with Crippen LogP contribution in [0.1, 0.15) is 11.1 Å². The van der Waals surface area contributed by atoms with Gasteiger partial charge in [0.25, 0.3) is 0 Å². The average Bonchev–Trinajstić information content (AvgIpc) is 2.68. The van der Waals surface area contributed by atoms with Crippen molar-refractivity contribution in [1.29, 1.82) is 0 Å². The minimum absolute atomic E-state index is 0.826. The number of nitrogens with zero attached hydrogens (tertiary/aromatic N) is 4. The van der Waals surface area contributed by atoms with Crippen LogP contribution in [-0.2, 0) is 0 Å². The Labute approximate surface area is 160 Å². The summed E-state index contributed by atoms with van der Waals surface area (Å²) in [5.41, 5.74) is 4.88. The van der Waals surface area contributed by atoms with Crippen molar-refractivity contribution in [3.05, 3.63) is 72.1 Å². The van der Waals surface area contributed by atoms with E-state index in [1.165, 1.54) is 16.8 Å². The summed E-state index contributed by atoms with van der Waals surface area (Å²) < 4.78 is 0. The molecule has 5 heteroatoms. The number of hydrogen-bond donors (Lipinski definition) is 1. The van der Waals surface area contributed by atoms with Crippen LogP contribution in [0.5, 0.6) is 0 Å². The Morgan fingerprint density at radius 3 is 2.22 bits per heavy atom. The Bertz CT molecular complexity index is 916. The van der Waals surface area contributed by atoms with E-state index in [0.29, 0.717) is 0 Å². The van der Waals surface area contributed by atoms with Crippen LogP contribution in [0.25, 0.3) is 0 Å². The summed E-state index contributed by atoms with van der Waals surface area (Å²) in [6.45, 7) is 8.12. The summed E-state index contributed by atoms with van der Waals surface area (Å²) in [6.07, 6.45) is 1.64. The molecule has 4 rings (SSSR count). The SMILES string of the molecule is Cc1cccc(Nc2cc(N3CCN(c4cccc(C)c4)CC3)ncn2)c1. The lowest BCUT2D eigenvalue weighted by Crippen LogP contribution is -2.46. The summed E-state index contributed by atoms with van der Waals surface area (Å²) in [4.78, 5) is 13.6. The van der Waals surface area contributed by atoms with Crippen LogP contribution in [0, 0.1) is 13.8 Å². The smallest absolute Gasteiger partial charge is 0.135 e. The van der Waals surface area contributed by atoms with E-state index in [0.717, 1.165) is 43.5 Å². The lowest BCUT2D eigenvalue weighted by atomic mass is 10.2. The minimum Gasteiger partial charge on any atom is -0.368 e. The van der Waals surface area contributed by atoms with Crippen molar-refractivity contribution in [2.75, 3.05) is 41.3 Å². The van der Waals surface area contributed by atoms with Crippen LogP contribution in [0.15, 0.2) is 60.9 Å². The molecule has 2 aromatic carbocycles. The molecule has 0 aliphatic carbocycles. The fourth-order valence-electron chi connectivity index (χ4n) is 3.48. The molecule has 1 aliphatic heterocycles. The number of anilines is 4. The molecule has 0 bridgehead atoms. The number of hydrogen-bond acceptors (Lipinski definition) is 5. The van der Waals surface area contributed by atoms with Crippen molar-refractivity contribution in [3.8, 4) is 0 Å². The van der Waals surface area contributed by atoms with Crippen molar-refractivity contribution >= 4 is 23.0 Å². The van der Waals surface area contributed by atoms with Gasteiger partial charge in [-0.3, -0.25) is 0 Å². The van der Waals surface area contributed by atoms with Crippen molar-refractivity contribution in [2.45, 2.75) is 13.8 Å². The number of aromatic nitrogens is 2. The van der Waals surface area contributed by atoms with E-state index in [-0.39, 0.29) is 0 Å². The Morgan fingerprint density at radius 1 is 0.778 bits per heavy atom. The van der Waals surface area contributed by atoms with Gasteiger partial charge in [-0.1, -0.05) is 24.3 Å². The molecule has 3 aromatic rings. The van der Waals surface area contributed by atoms with Gasteiger partial charge in [0.05, 0.1) is 0 Å². The number of piperazine rings is 1. The summed E-state index contributed by atoms with van der Waals surface area (Å²) in [5.74, 6) is 1.80. The molecule has 5 nitrogen and oxygen atoms in total. The monoisotopic (exact) mass is 359 g/mol. The molecule has 2 heterocycles. The standard InChI is InChI=1S/C22H25N5/c1-17-5-3-7-19(13-17)25-21-15-22(24-16-23-21)27-11-9-26(10-12-27)20-8-4-6-18(2)14-20/h3-8,13-16H,9-12H2,1-2H3,(H,23,24,25). The third-order valence-corrected chi connectivity index (χ3v) is 4.91. The molecule has 138 valence electrons. The summed E-state index contributed by atoms with van der Waals surface area (Å²) in [6, 6.07) is 19.0. The first kappa shape index (κ1) is 17.3. The molecule has 0 amide bonds. The molecule has 0 saturated carbocycles. The second-order valence-electron chi connectivity index (χ2n) is 7.07. The van der Waals surface area contributed by atoms with Gasteiger partial charge < -0.3 is 15.1 Å². The molecular weight excluding hydrogens is 334 g/mol. The minimum atomic E-state index is 0.826. The van der Waals surface area contributed by atoms with E-state index in [4.69, 9.17) is 0 Å². The van der Waals surface area contributed by atoms with E-state index in [1.54, 1.807) is 6.33 Å². The third-order valence-electron chi connectivity index (χ3n) is 4.91. The van der Waals surface area contributed by atoms with Crippen molar-refractivity contribution < 1.29 is 0 Å². The summed E-state index contributed by atoms with van der Waals surface area (Å²) in [5, 5.41) is 3.38. The Morgan fingerprint density at radius 2 is 1.48 bits per heavy atom. The topological polar surface area (TPSA) is 44.3 Å². The highest BCUT2D eigenvalue weighted by Gasteiger charge is 2.18. The van der Waals surface area contributed by atoms with Gasteiger partial charge >= 0.3 is 0 Å². The number of rotatable bonds is 4. The third kappa shape index (κ3) is 4.19. The molecule has 1 saturated heterocycles. The maximum absolute atomic E-state index is 4.49. The first-order valence-corrected chi connectivity index (χ1v) is 9.40. The van der Waals surface area contributed by atoms with Crippen LogP contribution in [0.3, 0.4) is 0 Å². The highest BCUT2D eigenvalue weighted by molar-refractivity contribution is 5.60. The number of aryl methyl sites for hydroxylation is 2. The predicted molar refractivity (Wildman–Crippen MR) is 112 cm³/mol. The maximum atomic E-state index is 4.49. The fraction of sp³-hybridized carbons (Fsp3) is 0.273. The zero-order chi connectivity index (χ0) is 18.6. The van der Waals surface area contributed by atoms with Gasteiger partial charge in [-0.25, -0.2) is 9.97 Å². The van der Waals surface area contributed by atoms with Crippen molar-refractivity contribution in [3.63, 3.8) is 0 Å². The van der Waals surface area contributed by atoms with Gasteiger partial charge in [-0.2, -0.15) is 0 Å². The number of benzene rings is 2. The first-order chi connectivity index (χ1) is 13.2. The van der Waals surface area contributed by atoms with E-state index in [2.05, 4.69) is 81.4 Å². The highest BCUT2D eigenvalue weighted by atomic mass is 15.3. The molecule has 27 heavy (non-hydrogen) atoms. The molecule has 1 aromatic heterocycles. The van der Waals surface area contributed by atoms with Crippen LogP contribution >= 0.6 is 0 Å². The van der Waals surface area contributed by atoms with Gasteiger partial charge in [0.2, 0.25) is 0 Å². The molecule has 0 atom stereocenters. The first-order valence-electron chi connectivity index (χ1n) is 9.40. The van der Waals surface area contributed by atoms with E-state index in [9.17, 15) is 0 Å². The Kier molecular flexibility index (Phi) is 4.92. The zero-order valence-corrected chi connectivity index (χ0v) is 15.9. The Balaban J connectivity index is 1.42. The lowest BCUT2D eigenvalue weighted by molar-refractivity contribution is 0.647. The summed E-state index contributed by atoms with van der Waals surface area (Å²) >= 11 is 0. The van der Waals surface area contributed by atoms with Crippen LogP contribution in [0.4, 0.5) is 23.0 Å². The Hall–Kier alpha value is -3.08. The van der Waals surface area contributed by atoms with Crippen molar-refractivity contribution in [1.82, 2.24) is 9.97 Å². The van der Waals surface area contributed by atoms with Gasteiger partial charge in [0.15, 0.2) is 0 Å². The van der Waals surface area contributed by atoms with Gasteiger partial charge in [0, 0.05) is 43.6 Å². The molecule has 0 unspecified atom stereocenters. The van der Waals surface area contributed by atoms with Gasteiger partial charge in [-0.05, 0) is 49.2 Å². The second-order valence-corrected chi connectivity index (χ2v) is 7.07. The molecule has 1 fully saturated rings. The maximum Gasteiger partial charge on any atom is 0.135 e. The zero-order valence-electron chi connectivity index (χ0n) is 15.9. The molecule has 0 spiro atoms. The normalized spacial score (nSPS) is 14.3. The highest BCUT2D eigenvalue weighted by Crippen LogP contribution is 2.22.